The number of hydrogen-bond acceptors (Lipinski definition) is 3. The number of carbonyl (C=O) groups is 1. The van der Waals surface area contributed by atoms with Crippen LogP contribution in [0.5, 0.6) is 5.75 Å². The highest BCUT2D eigenvalue weighted by Gasteiger charge is 2.11. The predicted octanol–water partition coefficient (Wildman–Crippen LogP) is 1.52. The Balaban J connectivity index is 2.85. The van der Waals surface area contributed by atoms with Gasteiger partial charge < -0.3 is 4.74 Å². The molecule has 1 heterocycles. The zero-order valence-corrected chi connectivity index (χ0v) is 7.37. The SMILES string of the molecule is COc1cc(F)cc2n[nH]c(C=O)c12. The summed E-state index contributed by atoms with van der Waals surface area (Å²) in [6, 6.07) is 2.45. The van der Waals surface area contributed by atoms with Crippen LogP contribution in [0.25, 0.3) is 10.9 Å². The van der Waals surface area contributed by atoms with Crippen LogP contribution in [0.15, 0.2) is 12.1 Å². The minimum atomic E-state index is -0.446. The fourth-order valence-corrected chi connectivity index (χ4v) is 1.35. The highest BCUT2D eigenvalue weighted by Crippen LogP contribution is 2.27. The van der Waals surface area contributed by atoms with Gasteiger partial charge in [-0.1, -0.05) is 0 Å². The summed E-state index contributed by atoms with van der Waals surface area (Å²) in [5.41, 5.74) is 0.667. The second-order valence-electron chi connectivity index (χ2n) is 2.76. The second-order valence-corrected chi connectivity index (χ2v) is 2.76. The molecule has 1 aromatic heterocycles. The van der Waals surface area contributed by atoms with E-state index in [1.165, 1.54) is 19.2 Å². The van der Waals surface area contributed by atoms with Crippen LogP contribution in [-0.4, -0.2) is 23.6 Å². The molecule has 1 aromatic carbocycles. The third-order valence-corrected chi connectivity index (χ3v) is 1.95. The lowest BCUT2D eigenvalue weighted by Crippen LogP contribution is -1.88. The van der Waals surface area contributed by atoms with Gasteiger partial charge in [0, 0.05) is 12.1 Å². The number of aromatic nitrogens is 2. The van der Waals surface area contributed by atoms with E-state index in [4.69, 9.17) is 4.74 Å². The van der Waals surface area contributed by atoms with Crippen molar-refractivity contribution in [1.29, 1.82) is 0 Å². The smallest absolute Gasteiger partial charge is 0.168 e. The molecule has 72 valence electrons. The van der Waals surface area contributed by atoms with Crippen LogP contribution in [0.2, 0.25) is 0 Å². The Morgan fingerprint density at radius 1 is 1.57 bits per heavy atom. The first-order chi connectivity index (χ1) is 6.76. The number of carbonyl (C=O) groups excluding carboxylic acids is 1. The molecule has 1 N–H and O–H groups in total. The second kappa shape index (κ2) is 3.10. The van der Waals surface area contributed by atoms with E-state index in [9.17, 15) is 9.18 Å². The zero-order valence-electron chi connectivity index (χ0n) is 7.37. The van der Waals surface area contributed by atoms with Crippen LogP contribution < -0.4 is 4.74 Å². The lowest BCUT2D eigenvalue weighted by Gasteiger charge is -2.01. The van der Waals surface area contributed by atoms with Gasteiger partial charge in [-0.15, -0.1) is 0 Å². The van der Waals surface area contributed by atoms with Crippen molar-refractivity contribution in [1.82, 2.24) is 10.2 Å². The van der Waals surface area contributed by atoms with E-state index >= 15 is 0 Å². The number of methoxy groups -OCH3 is 1. The predicted molar refractivity (Wildman–Crippen MR) is 48.0 cm³/mol. The number of aldehydes is 1. The van der Waals surface area contributed by atoms with Crippen LogP contribution in [0, 0.1) is 5.82 Å². The van der Waals surface area contributed by atoms with Crippen molar-refractivity contribution in [3.8, 4) is 5.75 Å². The third-order valence-electron chi connectivity index (χ3n) is 1.95. The summed E-state index contributed by atoms with van der Waals surface area (Å²) in [6.07, 6.45) is 0.621. The van der Waals surface area contributed by atoms with E-state index < -0.39 is 5.82 Å². The molecular weight excluding hydrogens is 187 g/mol. The first kappa shape index (κ1) is 8.68. The number of rotatable bonds is 2. The Hall–Kier alpha value is -1.91. The molecule has 0 amide bonds. The van der Waals surface area contributed by atoms with Gasteiger partial charge in [-0.3, -0.25) is 9.89 Å². The van der Waals surface area contributed by atoms with Crippen LogP contribution in [-0.2, 0) is 0 Å². The fourth-order valence-electron chi connectivity index (χ4n) is 1.35. The summed E-state index contributed by atoms with van der Waals surface area (Å²) < 4.78 is 17.9. The van der Waals surface area contributed by atoms with Crippen molar-refractivity contribution in [3.63, 3.8) is 0 Å². The number of nitrogens with one attached hydrogen (secondary N) is 1. The van der Waals surface area contributed by atoms with Crippen molar-refractivity contribution in [2.75, 3.05) is 7.11 Å². The Labute approximate surface area is 78.7 Å². The molecule has 0 fully saturated rings. The van der Waals surface area contributed by atoms with Gasteiger partial charge in [0.2, 0.25) is 0 Å². The summed E-state index contributed by atoms with van der Waals surface area (Å²) in [7, 11) is 1.41. The number of H-pyrrole nitrogens is 1. The Kier molecular flexibility index (Phi) is 1.92. The molecule has 0 aliphatic carbocycles. The third kappa shape index (κ3) is 1.14. The average molecular weight is 194 g/mol. The van der Waals surface area contributed by atoms with Crippen molar-refractivity contribution < 1.29 is 13.9 Å². The molecule has 2 aromatic rings. The van der Waals surface area contributed by atoms with Crippen molar-refractivity contribution in [2.45, 2.75) is 0 Å². The lowest BCUT2D eigenvalue weighted by atomic mass is 10.2. The van der Waals surface area contributed by atoms with Gasteiger partial charge in [-0.2, -0.15) is 5.10 Å². The highest BCUT2D eigenvalue weighted by atomic mass is 19.1. The molecule has 0 aliphatic heterocycles. The van der Waals surface area contributed by atoms with Crippen molar-refractivity contribution in [3.05, 3.63) is 23.6 Å². The van der Waals surface area contributed by atoms with E-state index in [0.717, 1.165) is 0 Å². The van der Waals surface area contributed by atoms with Gasteiger partial charge in [-0.25, -0.2) is 4.39 Å². The summed E-state index contributed by atoms with van der Waals surface area (Å²) in [5, 5.41) is 6.79. The van der Waals surface area contributed by atoms with Crippen LogP contribution >= 0.6 is 0 Å². The van der Waals surface area contributed by atoms with E-state index in [1.807, 2.05) is 0 Å². The van der Waals surface area contributed by atoms with E-state index in [-0.39, 0.29) is 5.69 Å². The largest absolute Gasteiger partial charge is 0.496 e. The van der Waals surface area contributed by atoms with Crippen LogP contribution in [0.3, 0.4) is 0 Å². The number of aromatic amines is 1. The van der Waals surface area contributed by atoms with Gasteiger partial charge in [0.25, 0.3) is 0 Å². The van der Waals surface area contributed by atoms with Crippen LogP contribution in [0.1, 0.15) is 10.5 Å². The lowest BCUT2D eigenvalue weighted by molar-refractivity contribution is 0.112. The van der Waals surface area contributed by atoms with Crippen molar-refractivity contribution >= 4 is 17.2 Å². The first-order valence-electron chi connectivity index (χ1n) is 3.93. The van der Waals surface area contributed by atoms with Gasteiger partial charge in [0.05, 0.1) is 18.0 Å². The van der Waals surface area contributed by atoms with Gasteiger partial charge in [0.1, 0.15) is 17.3 Å². The van der Waals surface area contributed by atoms with Gasteiger partial charge in [0.15, 0.2) is 6.29 Å². The average Bonchev–Trinajstić information content (AvgIpc) is 2.59. The molecule has 0 aliphatic rings. The normalized spacial score (nSPS) is 10.4. The maximum atomic E-state index is 13.0. The molecule has 0 spiro atoms. The molecule has 0 atom stereocenters. The number of benzene rings is 1. The van der Waals surface area contributed by atoms with Crippen LogP contribution in [0.4, 0.5) is 4.39 Å². The summed E-state index contributed by atoms with van der Waals surface area (Å²) in [6.45, 7) is 0. The highest BCUT2D eigenvalue weighted by molar-refractivity contribution is 5.98. The van der Waals surface area contributed by atoms with Crippen molar-refractivity contribution in [2.24, 2.45) is 0 Å². The minimum absolute atomic E-state index is 0.289. The summed E-state index contributed by atoms with van der Waals surface area (Å²) in [5.74, 6) is -0.144. The van der Waals surface area contributed by atoms with Gasteiger partial charge >= 0.3 is 0 Å². The minimum Gasteiger partial charge on any atom is -0.496 e. The van der Waals surface area contributed by atoms with E-state index in [0.29, 0.717) is 22.9 Å². The topological polar surface area (TPSA) is 55.0 Å². The van der Waals surface area contributed by atoms with E-state index in [2.05, 4.69) is 10.2 Å². The molecule has 0 unspecified atom stereocenters. The monoisotopic (exact) mass is 194 g/mol. The summed E-state index contributed by atoms with van der Waals surface area (Å²) >= 11 is 0. The molecule has 0 saturated heterocycles. The first-order valence-corrected chi connectivity index (χ1v) is 3.93. The fraction of sp³-hybridized carbons (Fsp3) is 0.111. The zero-order chi connectivity index (χ0) is 10.1. The summed E-state index contributed by atoms with van der Waals surface area (Å²) in [4.78, 5) is 10.6. The molecule has 0 bridgehead atoms. The maximum absolute atomic E-state index is 13.0. The van der Waals surface area contributed by atoms with Gasteiger partial charge in [-0.05, 0) is 0 Å². The molecule has 2 rings (SSSR count). The Morgan fingerprint density at radius 3 is 3.00 bits per heavy atom. The molecule has 0 saturated carbocycles. The molecule has 5 heteroatoms. The molecule has 0 radical (unpaired) electrons. The standard InChI is InChI=1S/C9H7FN2O2/c1-14-8-3-5(10)2-6-9(8)7(4-13)12-11-6/h2-4H,1H3,(H,11,12). The quantitative estimate of drug-likeness (QED) is 0.737. The Morgan fingerprint density at radius 2 is 2.36 bits per heavy atom. The Bertz CT molecular complexity index is 493. The number of halogens is 1. The molecule has 14 heavy (non-hydrogen) atoms. The number of hydrogen-bond donors (Lipinski definition) is 1. The number of ether oxygens (including phenoxy) is 1. The number of fused-ring (bicyclic) bond motifs is 1. The van der Waals surface area contributed by atoms with E-state index in [1.54, 1.807) is 0 Å². The molecule has 4 nitrogen and oxygen atoms in total. The molecular formula is C9H7FN2O2. The maximum Gasteiger partial charge on any atom is 0.168 e. The number of nitrogens with zero attached hydrogens (tertiary/aromatic N) is 1.